The summed E-state index contributed by atoms with van der Waals surface area (Å²) in [4.78, 5) is 0. The van der Waals surface area contributed by atoms with Crippen molar-refractivity contribution in [1.82, 2.24) is 31.9 Å². The van der Waals surface area contributed by atoms with Gasteiger partial charge in [0.05, 0.1) is 0 Å². The van der Waals surface area contributed by atoms with Crippen molar-refractivity contribution >= 4 is 0 Å². The van der Waals surface area contributed by atoms with Crippen LogP contribution in [0.15, 0.2) is 0 Å². The van der Waals surface area contributed by atoms with Crippen LogP contribution in [0.3, 0.4) is 0 Å². The van der Waals surface area contributed by atoms with E-state index in [1.54, 1.807) is 0 Å². The van der Waals surface area contributed by atoms with Crippen LogP contribution in [-0.2, 0) is 19.5 Å². The second-order valence-electron chi connectivity index (χ2n) is 9.95. The van der Waals surface area contributed by atoms with Gasteiger partial charge in [0.15, 0.2) is 0 Å². The molecule has 0 aliphatic carbocycles. The summed E-state index contributed by atoms with van der Waals surface area (Å²) in [7, 11) is 0. The maximum Gasteiger partial charge on any atom is 8.00 e. The Kier molecular flexibility index (Phi) is 19.3. The summed E-state index contributed by atoms with van der Waals surface area (Å²) < 4.78 is 0. The van der Waals surface area contributed by atoms with E-state index in [1.165, 1.54) is 38.5 Å². The first kappa shape index (κ1) is 34.6. The molecule has 6 unspecified atom stereocenters. The van der Waals surface area contributed by atoms with E-state index >= 15 is 0 Å². The van der Waals surface area contributed by atoms with Gasteiger partial charge in [0, 0.05) is 0 Å². The number of rotatable bonds is 3. The maximum absolute atomic E-state index is 4.49. The van der Waals surface area contributed by atoms with Gasteiger partial charge in [-0.15, -0.1) is 39.3 Å². The van der Waals surface area contributed by atoms with E-state index in [0.717, 1.165) is 78.5 Å². The normalized spacial score (nSPS) is 36.0. The van der Waals surface area contributed by atoms with Gasteiger partial charge in [-0.05, 0) is 39.3 Å². The Balaban J connectivity index is 0.000000195. The second-order valence-corrected chi connectivity index (χ2v) is 9.95. The van der Waals surface area contributed by atoms with Crippen LogP contribution in [0.25, 0.3) is 31.9 Å². The molecule has 0 spiro atoms. The molecule has 0 aromatic heterocycles. The van der Waals surface area contributed by atoms with Crippen molar-refractivity contribution in [2.75, 3.05) is 78.5 Å². The molecule has 0 aromatic rings. The SMILES string of the molecule is C1C[N-]C(C2[N-]CCCN2)NC1.C1C[N-]C(C2[N-]CCCN2)NC1.C1C[N-]C(C2[N-]CCCN2)NC1.[Cl-].[Ru+8]. The summed E-state index contributed by atoms with van der Waals surface area (Å²) in [5.41, 5.74) is 0. The topological polar surface area (TPSA) is 157 Å². The minimum absolute atomic E-state index is 0. The molecule has 218 valence electrons. The number of nitrogens with one attached hydrogen (secondary N) is 6. The first-order valence-corrected chi connectivity index (χ1v) is 14.3. The third kappa shape index (κ3) is 12.5. The molecule has 6 aliphatic heterocycles. The van der Waals surface area contributed by atoms with E-state index in [4.69, 9.17) is 0 Å². The number of hydrogen-bond donors (Lipinski definition) is 6. The van der Waals surface area contributed by atoms with Crippen molar-refractivity contribution in [3.63, 3.8) is 0 Å². The summed E-state index contributed by atoms with van der Waals surface area (Å²) in [6.45, 7) is 12.5. The van der Waals surface area contributed by atoms with E-state index in [-0.39, 0.29) is 68.9 Å². The quantitative estimate of drug-likeness (QED) is 0.198. The summed E-state index contributed by atoms with van der Waals surface area (Å²) in [6.07, 6.45) is 8.43. The largest absolute Gasteiger partial charge is 8.00 e. The molecule has 12 nitrogen and oxygen atoms in total. The molecule has 6 fully saturated rings. The minimum Gasteiger partial charge on any atom is -1.00 e. The van der Waals surface area contributed by atoms with E-state index in [9.17, 15) is 0 Å². The first-order valence-electron chi connectivity index (χ1n) is 14.3. The molecule has 38 heavy (non-hydrogen) atoms. The molecule has 6 rings (SSSR count). The van der Waals surface area contributed by atoms with Gasteiger partial charge < -0.3 is 76.2 Å². The van der Waals surface area contributed by atoms with Crippen molar-refractivity contribution < 1.29 is 31.9 Å². The Morgan fingerprint density at radius 2 is 0.474 bits per heavy atom. The number of hydrogen-bond acceptors (Lipinski definition) is 6. The summed E-state index contributed by atoms with van der Waals surface area (Å²) >= 11 is 0. The molecule has 6 heterocycles. The zero-order chi connectivity index (χ0) is 24.7. The van der Waals surface area contributed by atoms with Crippen LogP contribution in [0.2, 0.25) is 0 Å². The molecule has 14 heteroatoms. The zero-order valence-electron chi connectivity index (χ0n) is 22.6. The summed E-state index contributed by atoms with van der Waals surface area (Å²) in [5, 5.41) is 47.1. The van der Waals surface area contributed by atoms with Crippen molar-refractivity contribution in [3.05, 3.63) is 31.9 Å². The minimum atomic E-state index is 0. The van der Waals surface area contributed by atoms with Gasteiger partial charge in [0.1, 0.15) is 0 Å². The van der Waals surface area contributed by atoms with Crippen LogP contribution in [0.1, 0.15) is 38.5 Å². The summed E-state index contributed by atoms with van der Waals surface area (Å²) in [6, 6.07) is 0. The van der Waals surface area contributed by atoms with Gasteiger partial charge >= 0.3 is 19.5 Å². The second kappa shape index (κ2) is 21.2. The van der Waals surface area contributed by atoms with E-state index in [2.05, 4.69) is 63.8 Å². The average Bonchev–Trinajstić information content (AvgIpc) is 3.01. The van der Waals surface area contributed by atoms with Gasteiger partial charge in [-0.25, -0.2) is 0 Å². The fourth-order valence-electron chi connectivity index (χ4n) is 5.01. The standard InChI is InChI=1S/3C8H16N4.ClH.Ru/c3*1-3-9-7(10-4-1)8-11-5-2-6-12-8;;/h3*7-9,11H,1-6H2;1H;/q3*-2;;+8/p-1. The maximum atomic E-state index is 4.49. The Morgan fingerprint density at radius 1 is 0.316 bits per heavy atom. The third-order valence-corrected chi connectivity index (χ3v) is 6.98. The molecule has 0 aromatic carbocycles. The first-order chi connectivity index (χ1) is 17.9. The predicted molar refractivity (Wildman–Crippen MR) is 148 cm³/mol. The molecule has 6 saturated heterocycles. The fourth-order valence-corrected chi connectivity index (χ4v) is 5.01. The molecule has 6 aliphatic rings. The van der Waals surface area contributed by atoms with Gasteiger partial charge in [-0.3, -0.25) is 0 Å². The Morgan fingerprint density at radius 3 is 0.579 bits per heavy atom. The molecule has 0 amide bonds. The van der Waals surface area contributed by atoms with Gasteiger partial charge in [-0.2, -0.15) is 0 Å². The predicted octanol–water partition coefficient (Wildman–Crippen LogP) is -1.88. The Bertz CT molecular complexity index is 422. The average molecular weight is 641 g/mol. The molecule has 0 bridgehead atoms. The molecular formula is C24H48ClN12Ru+. The van der Waals surface area contributed by atoms with Crippen LogP contribution >= 0.6 is 0 Å². The molecule has 6 atom stereocenters. The smallest absolute Gasteiger partial charge is 1.00 e. The third-order valence-electron chi connectivity index (χ3n) is 6.98. The van der Waals surface area contributed by atoms with Gasteiger partial charge in [0.2, 0.25) is 0 Å². The van der Waals surface area contributed by atoms with Crippen molar-refractivity contribution in [1.29, 1.82) is 0 Å². The Labute approximate surface area is 249 Å². The van der Waals surface area contributed by atoms with Crippen LogP contribution in [0.4, 0.5) is 0 Å². The van der Waals surface area contributed by atoms with Crippen LogP contribution in [0, 0.1) is 0 Å². The molecule has 0 saturated carbocycles. The van der Waals surface area contributed by atoms with Gasteiger partial charge in [-0.1, -0.05) is 75.5 Å². The summed E-state index contributed by atoms with van der Waals surface area (Å²) in [5.74, 6) is 0. The number of nitrogens with zero attached hydrogens (tertiary/aromatic N) is 6. The fraction of sp³-hybridized carbons (Fsp3) is 1.00. The van der Waals surface area contributed by atoms with Crippen LogP contribution < -0.4 is 44.3 Å². The monoisotopic (exact) mass is 641 g/mol. The molecule has 6 N–H and O–H groups in total. The van der Waals surface area contributed by atoms with Gasteiger partial charge in [0.25, 0.3) is 0 Å². The molecular weight excluding hydrogens is 593 g/mol. The van der Waals surface area contributed by atoms with Crippen LogP contribution in [0.5, 0.6) is 0 Å². The van der Waals surface area contributed by atoms with E-state index in [1.807, 2.05) is 0 Å². The van der Waals surface area contributed by atoms with E-state index < -0.39 is 0 Å². The molecule has 0 radical (unpaired) electrons. The van der Waals surface area contributed by atoms with Crippen molar-refractivity contribution in [2.45, 2.75) is 75.5 Å². The van der Waals surface area contributed by atoms with Crippen molar-refractivity contribution in [3.8, 4) is 0 Å². The van der Waals surface area contributed by atoms with Crippen molar-refractivity contribution in [2.24, 2.45) is 0 Å². The van der Waals surface area contributed by atoms with E-state index in [0.29, 0.717) is 0 Å². The zero-order valence-corrected chi connectivity index (χ0v) is 25.1. The van der Waals surface area contributed by atoms with Crippen LogP contribution in [-0.4, -0.2) is 116 Å². The Hall–Kier alpha value is 0.433. The number of halogens is 1.